The molecule has 1 rings (SSSR count). The van der Waals surface area contributed by atoms with Gasteiger partial charge in [-0.1, -0.05) is 0 Å². The fourth-order valence-electron chi connectivity index (χ4n) is 1.30. The Labute approximate surface area is 109 Å². The zero-order valence-electron chi connectivity index (χ0n) is 10.2. The molecule has 1 N–H and O–H groups in total. The molecule has 1 aromatic carbocycles. The van der Waals surface area contributed by atoms with E-state index < -0.39 is 27.6 Å². The van der Waals surface area contributed by atoms with Crippen molar-refractivity contribution in [1.29, 1.82) is 0 Å². The Morgan fingerprint density at radius 2 is 2.00 bits per heavy atom. The molecule has 0 unspecified atom stereocenters. The molecule has 0 radical (unpaired) electrons. The maximum Gasteiger partial charge on any atom is 0.305 e. The molecule has 106 valence electrons. The predicted molar refractivity (Wildman–Crippen MR) is 65.0 cm³/mol. The zero-order valence-corrected chi connectivity index (χ0v) is 11.0. The minimum atomic E-state index is -3.72. The smallest absolute Gasteiger partial charge is 0.305 e. The highest BCUT2D eigenvalue weighted by molar-refractivity contribution is 7.92. The van der Waals surface area contributed by atoms with Crippen LogP contribution in [0.3, 0.4) is 0 Å². The summed E-state index contributed by atoms with van der Waals surface area (Å²) in [6.07, 6.45) is 0.0425. The van der Waals surface area contributed by atoms with Crippen LogP contribution in [0.4, 0.5) is 14.5 Å². The van der Waals surface area contributed by atoms with E-state index in [-0.39, 0.29) is 24.3 Å². The summed E-state index contributed by atoms with van der Waals surface area (Å²) in [5.74, 6) is -3.03. The maximum atomic E-state index is 12.9. The highest BCUT2D eigenvalue weighted by Crippen LogP contribution is 2.15. The first kappa shape index (κ1) is 15.4. The molecule has 0 amide bonds. The highest BCUT2D eigenvalue weighted by Gasteiger charge is 2.13. The van der Waals surface area contributed by atoms with E-state index in [2.05, 4.69) is 9.46 Å². The summed E-state index contributed by atoms with van der Waals surface area (Å²) in [6.45, 7) is 0. The first-order valence-corrected chi connectivity index (χ1v) is 7.01. The summed E-state index contributed by atoms with van der Waals surface area (Å²) >= 11 is 0. The molecule has 19 heavy (non-hydrogen) atoms. The van der Waals surface area contributed by atoms with Crippen LogP contribution in [-0.4, -0.2) is 27.2 Å². The van der Waals surface area contributed by atoms with Crippen molar-refractivity contribution < 1.29 is 26.7 Å². The summed E-state index contributed by atoms with van der Waals surface area (Å²) in [4.78, 5) is 10.8. The molecular weight excluding hydrogens is 280 g/mol. The normalized spacial score (nSPS) is 11.1. The van der Waals surface area contributed by atoms with Crippen molar-refractivity contribution in [2.75, 3.05) is 17.6 Å². The third kappa shape index (κ3) is 5.21. The van der Waals surface area contributed by atoms with Gasteiger partial charge in [0.1, 0.15) is 0 Å². The number of hydrogen-bond acceptors (Lipinski definition) is 4. The van der Waals surface area contributed by atoms with E-state index in [9.17, 15) is 22.0 Å². The Morgan fingerprint density at radius 1 is 1.32 bits per heavy atom. The number of benzene rings is 1. The Morgan fingerprint density at radius 3 is 2.58 bits per heavy atom. The number of rotatable bonds is 6. The summed E-state index contributed by atoms with van der Waals surface area (Å²) < 4.78 is 55.2. The largest absolute Gasteiger partial charge is 0.469 e. The molecule has 0 aliphatic rings. The first-order valence-electron chi connectivity index (χ1n) is 5.36. The molecule has 0 fully saturated rings. The van der Waals surface area contributed by atoms with E-state index in [0.29, 0.717) is 0 Å². The second-order valence-corrected chi connectivity index (χ2v) is 5.57. The molecule has 1 aromatic rings. The number of nitrogens with one attached hydrogen (secondary N) is 1. The van der Waals surface area contributed by atoms with Crippen LogP contribution >= 0.6 is 0 Å². The van der Waals surface area contributed by atoms with Gasteiger partial charge in [0, 0.05) is 12.5 Å². The monoisotopic (exact) mass is 293 g/mol. The van der Waals surface area contributed by atoms with E-state index in [1.807, 2.05) is 0 Å². The Hall–Kier alpha value is -1.70. The molecule has 0 spiro atoms. The van der Waals surface area contributed by atoms with Crippen LogP contribution in [0.25, 0.3) is 0 Å². The van der Waals surface area contributed by atoms with Crippen LogP contribution < -0.4 is 4.72 Å². The first-order chi connectivity index (χ1) is 8.84. The van der Waals surface area contributed by atoms with Crippen molar-refractivity contribution in [3.05, 3.63) is 29.8 Å². The lowest BCUT2D eigenvalue weighted by Crippen LogP contribution is -2.17. The van der Waals surface area contributed by atoms with Gasteiger partial charge in [0.05, 0.1) is 18.6 Å². The van der Waals surface area contributed by atoms with Crippen molar-refractivity contribution in [2.45, 2.75) is 12.8 Å². The van der Waals surface area contributed by atoms with Crippen LogP contribution in [0.15, 0.2) is 18.2 Å². The van der Waals surface area contributed by atoms with Crippen LogP contribution in [0, 0.1) is 11.6 Å². The van der Waals surface area contributed by atoms with Gasteiger partial charge in [-0.15, -0.1) is 0 Å². The van der Waals surface area contributed by atoms with Gasteiger partial charge in [-0.05, 0) is 18.6 Å². The van der Waals surface area contributed by atoms with Crippen molar-refractivity contribution in [2.24, 2.45) is 0 Å². The molecule has 0 aromatic heterocycles. The Balaban J connectivity index is 2.59. The predicted octanol–water partition coefficient (Wildman–Crippen LogP) is 1.66. The SMILES string of the molecule is COC(=O)CCCS(=O)(=O)Nc1ccc(F)c(F)c1. The summed E-state index contributed by atoms with van der Waals surface area (Å²) in [5, 5.41) is 0. The van der Waals surface area contributed by atoms with E-state index in [0.717, 1.165) is 18.2 Å². The van der Waals surface area contributed by atoms with Gasteiger partial charge in [-0.3, -0.25) is 9.52 Å². The number of anilines is 1. The van der Waals surface area contributed by atoms with Crippen molar-refractivity contribution >= 4 is 21.7 Å². The fraction of sp³-hybridized carbons (Fsp3) is 0.364. The lowest BCUT2D eigenvalue weighted by molar-refractivity contribution is -0.140. The van der Waals surface area contributed by atoms with Gasteiger partial charge in [0.15, 0.2) is 11.6 Å². The van der Waals surface area contributed by atoms with Gasteiger partial charge in [-0.2, -0.15) is 0 Å². The van der Waals surface area contributed by atoms with Gasteiger partial charge < -0.3 is 4.74 Å². The van der Waals surface area contributed by atoms with Gasteiger partial charge in [0.2, 0.25) is 10.0 Å². The number of halogens is 2. The summed E-state index contributed by atoms with van der Waals surface area (Å²) in [6, 6.07) is 2.67. The summed E-state index contributed by atoms with van der Waals surface area (Å²) in [7, 11) is -2.51. The van der Waals surface area contributed by atoms with Gasteiger partial charge >= 0.3 is 5.97 Å². The number of hydrogen-bond donors (Lipinski definition) is 1. The third-order valence-corrected chi connectivity index (χ3v) is 3.59. The van der Waals surface area contributed by atoms with E-state index in [1.54, 1.807) is 0 Å². The summed E-state index contributed by atoms with van der Waals surface area (Å²) in [5.41, 5.74) is -0.0723. The lowest BCUT2D eigenvalue weighted by Gasteiger charge is -2.07. The molecule has 0 heterocycles. The molecule has 0 atom stereocenters. The molecule has 0 saturated carbocycles. The second-order valence-electron chi connectivity index (χ2n) is 3.73. The average Bonchev–Trinajstić information content (AvgIpc) is 2.33. The van der Waals surface area contributed by atoms with Crippen molar-refractivity contribution in [3.63, 3.8) is 0 Å². The number of esters is 1. The Bertz CT molecular complexity index is 560. The molecule has 8 heteroatoms. The zero-order chi connectivity index (χ0) is 14.5. The number of ether oxygens (including phenoxy) is 1. The third-order valence-electron chi connectivity index (χ3n) is 2.21. The minimum Gasteiger partial charge on any atom is -0.469 e. The quantitative estimate of drug-likeness (QED) is 0.810. The highest BCUT2D eigenvalue weighted by atomic mass is 32.2. The number of carbonyl (C=O) groups is 1. The van der Waals surface area contributed by atoms with Crippen molar-refractivity contribution in [1.82, 2.24) is 0 Å². The molecular formula is C11H13F2NO4S. The molecule has 5 nitrogen and oxygen atoms in total. The molecule has 0 bridgehead atoms. The van der Waals surface area contributed by atoms with Crippen LogP contribution in [-0.2, 0) is 19.6 Å². The number of carbonyl (C=O) groups excluding carboxylic acids is 1. The number of sulfonamides is 1. The van der Waals surface area contributed by atoms with Gasteiger partial charge in [-0.25, -0.2) is 17.2 Å². The second kappa shape index (κ2) is 6.46. The van der Waals surface area contributed by atoms with E-state index in [4.69, 9.17) is 0 Å². The van der Waals surface area contributed by atoms with Crippen LogP contribution in [0.2, 0.25) is 0 Å². The van der Waals surface area contributed by atoms with E-state index >= 15 is 0 Å². The molecule has 0 aliphatic heterocycles. The van der Waals surface area contributed by atoms with E-state index in [1.165, 1.54) is 7.11 Å². The molecule has 0 aliphatic carbocycles. The maximum absolute atomic E-state index is 12.9. The lowest BCUT2D eigenvalue weighted by atomic mass is 10.3. The fourth-order valence-corrected chi connectivity index (χ4v) is 2.41. The van der Waals surface area contributed by atoms with Gasteiger partial charge in [0.25, 0.3) is 0 Å². The van der Waals surface area contributed by atoms with Crippen molar-refractivity contribution in [3.8, 4) is 0 Å². The minimum absolute atomic E-state index is 0.0326. The van der Waals surface area contributed by atoms with Crippen LogP contribution in [0.5, 0.6) is 0 Å². The molecule has 0 saturated heterocycles. The average molecular weight is 293 g/mol. The standard InChI is InChI=1S/C11H13F2NO4S/c1-18-11(15)3-2-6-19(16,17)14-8-4-5-9(12)10(13)7-8/h4-5,7,14H,2-3,6H2,1H3. The van der Waals surface area contributed by atoms with Crippen LogP contribution in [0.1, 0.15) is 12.8 Å². The number of methoxy groups -OCH3 is 1. The topological polar surface area (TPSA) is 72.5 Å². The Kier molecular flexibility index (Phi) is 5.22.